The van der Waals surface area contributed by atoms with E-state index in [2.05, 4.69) is 5.32 Å². The van der Waals surface area contributed by atoms with Crippen molar-refractivity contribution >= 4 is 43.9 Å². The number of nitrogens with one attached hydrogen (secondary N) is 1. The summed E-state index contributed by atoms with van der Waals surface area (Å²) in [7, 11) is 0. The van der Waals surface area contributed by atoms with Gasteiger partial charge in [-0.15, -0.1) is 22.7 Å². The fourth-order valence-electron chi connectivity index (χ4n) is 2.41. The first-order chi connectivity index (χ1) is 10.2. The minimum Gasteiger partial charge on any atom is -0.464 e. The predicted octanol–water partition coefficient (Wildman–Crippen LogP) is 1.94. The van der Waals surface area contributed by atoms with Gasteiger partial charge in [0.25, 0.3) is 5.91 Å². The Bertz CT molecular complexity index is 636. The first kappa shape index (κ1) is 14.5. The average Bonchev–Trinajstić information content (AvgIpc) is 3.08. The highest BCUT2D eigenvalue weighted by molar-refractivity contribution is 7.27. The van der Waals surface area contributed by atoms with Crippen LogP contribution in [0.5, 0.6) is 0 Å². The van der Waals surface area contributed by atoms with Crippen LogP contribution in [0.2, 0.25) is 0 Å². The summed E-state index contributed by atoms with van der Waals surface area (Å²) in [4.78, 5) is 27.0. The smallest absolute Gasteiger partial charge is 0.330 e. The molecule has 1 unspecified atom stereocenters. The van der Waals surface area contributed by atoms with Crippen molar-refractivity contribution in [3.05, 3.63) is 22.4 Å². The van der Waals surface area contributed by atoms with Crippen molar-refractivity contribution in [2.45, 2.75) is 13.0 Å². The summed E-state index contributed by atoms with van der Waals surface area (Å²) in [6, 6.07) is 3.39. The van der Waals surface area contributed by atoms with E-state index in [-0.39, 0.29) is 11.9 Å². The van der Waals surface area contributed by atoms with Crippen molar-refractivity contribution < 1.29 is 14.3 Å². The third kappa shape index (κ3) is 2.81. The van der Waals surface area contributed by atoms with Crippen LogP contribution in [-0.4, -0.2) is 49.1 Å². The van der Waals surface area contributed by atoms with Gasteiger partial charge < -0.3 is 15.0 Å². The molecule has 0 aromatic carbocycles. The Labute approximate surface area is 130 Å². The zero-order chi connectivity index (χ0) is 14.8. The first-order valence-corrected chi connectivity index (χ1v) is 8.55. The first-order valence-electron chi connectivity index (χ1n) is 6.86. The molecule has 1 amide bonds. The molecule has 1 N–H and O–H groups in total. The minimum absolute atomic E-state index is 0.0806. The summed E-state index contributed by atoms with van der Waals surface area (Å²) in [5, 5.41) is 5.16. The van der Waals surface area contributed by atoms with Crippen molar-refractivity contribution in [2.75, 3.05) is 26.2 Å². The molecule has 21 heavy (non-hydrogen) atoms. The van der Waals surface area contributed by atoms with E-state index in [0.29, 0.717) is 31.1 Å². The number of amides is 1. The molecule has 2 aromatic rings. The fourth-order valence-corrected chi connectivity index (χ4v) is 4.47. The van der Waals surface area contributed by atoms with Gasteiger partial charge in [0.05, 0.1) is 11.5 Å². The molecule has 0 spiro atoms. The summed E-state index contributed by atoms with van der Waals surface area (Å²) in [5.41, 5.74) is 0. The van der Waals surface area contributed by atoms with E-state index in [1.165, 1.54) is 11.3 Å². The molecule has 1 aliphatic rings. The Kier molecular flexibility index (Phi) is 4.23. The van der Waals surface area contributed by atoms with E-state index >= 15 is 0 Å². The van der Waals surface area contributed by atoms with Crippen LogP contribution in [0.4, 0.5) is 0 Å². The molecule has 1 aliphatic heterocycles. The van der Waals surface area contributed by atoms with Gasteiger partial charge in [-0.2, -0.15) is 0 Å². The molecule has 7 heteroatoms. The van der Waals surface area contributed by atoms with Gasteiger partial charge in [-0.3, -0.25) is 4.79 Å². The molecule has 1 atom stereocenters. The molecule has 112 valence electrons. The molecule has 3 rings (SSSR count). The molecule has 0 bridgehead atoms. The number of carbonyl (C=O) groups is 2. The maximum absolute atomic E-state index is 12.7. The van der Waals surface area contributed by atoms with E-state index in [1.807, 2.05) is 17.5 Å². The monoisotopic (exact) mass is 324 g/mol. The Balaban J connectivity index is 1.83. The van der Waals surface area contributed by atoms with E-state index in [0.717, 1.165) is 9.40 Å². The highest BCUT2D eigenvalue weighted by Gasteiger charge is 2.34. The van der Waals surface area contributed by atoms with Crippen LogP contribution in [0.3, 0.4) is 0 Å². The van der Waals surface area contributed by atoms with Crippen molar-refractivity contribution in [1.82, 2.24) is 10.2 Å². The zero-order valence-corrected chi connectivity index (χ0v) is 13.3. The molecular weight excluding hydrogens is 308 g/mol. The van der Waals surface area contributed by atoms with Gasteiger partial charge in [0.15, 0.2) is 0 Å². The lowest BCUT2D eigenvalue weighted by molar-refractivity contribution is -0.149. The van der Waals surface area contributed by atoms with Crippen molar-refractivity contribution in [3.8, 4) is 0 Å². The number of rotatable bonds is 3. The topological polar surface area (TPSA) is 58.6 Å². The van der Waals surface area contributed by atoms with Gasteiger partial charge >= 0.3 is 5.97 Å². The molecule has 0 saturated carbocycles. The SMILES string of the molecule is CCOC(=O)C1CNCCN1C(=O)c1cc2sccc2s1. The van der Waals surface area contributed by atoms with Crippen molar-refractivity contribution in [1.29, 1.82) is 0 Å². The molecule has 0 radical (unpaired) electrons. The number of hydrogen-bond acceptors (Lipinski definition) is 6. The van der Waals surface area contributed by atoms with Crippen LogP contribution in [0.25, 0.3) is 9.40 Å². The maximum Gasteiger partial charge on any atom is 0.330 e. The Morgan fingerprint density at radius 1 is 1.48 bits per heavy atom. The number of nitrogens with zero attached hydrogens (tertiary/aromatic N) is 1. The Hall–Kier alpha value is -1.44. The van der Waals surface area contributed by atoms with Gasteiger partial charge in [-0.05, 0) is 24.4 Å². The summed E-state index contributed by atoms with van der Waals surface area (Å²) < 4.78 is 7.31. The van der Waals surface area contributed by atoms with Crippen molar-refractivity contribution in [2.24, 2.45) is 0 Å². The van der Waals surface area contributed by atoms with Crippen LogP contribution in [-0.2, 0) is 9.53 Å². The van der Waals surface area contributed by atoms with Crippen LogP contribution in [0.15, 0.2) is 17.5 Å². The molecule has 5 nitrogen and oxygen atoms in total. The number of thiophene rings is 2. The maximum atomic E-state index is 12.7. The predicted molar refractivity (Wildman–Crippen MR) is 84.0 cm³/mol. The average molecular weight is 324 g/mol. The fraction of sp³-hybridized carbons (Fsp3) is 0.429. The van der Waals surface area contributed by atoms with Crippen LogP contribution in [0, 0.1) is 0 Å². The lowest BCUT2D eigenvalue weighted by Crippen LogP contribution is -2.57. The van der Waals surface area contributed by atoms with Crippen LogP contribution < -0.4 is 5.32 Å². The number of carbonyl (C=O) groups excluding carboxylic acids is 2. The normalized spacial score (nSPS) is 18.9. The van der Waals surface area contributed by atoms with E-state index < -0.39 is 6.04 Å². The second kappa shape index (κ2) is 6.13. The van der Waals surface area contributed by atoms with Crippen molar-refractivity contribution in [3.63, 3.8) is 0 Å². The summed E-state index contributed by atoms with van der Waals surface area (Å²) in [6.07, 6.45) is 0. The van der Waals surface area contributed by atoms with E-state index in [9.17, 15) is 9.59 Å². The molecule has 1 fully saturated rings. The number of ether oxygens (including phenoxy) is 1. The van der Waals surface area contributed by atoms with Crippen LogP contribution >= 0.6 is 22.7 Å². The Morgan fingerprint density at radius 2 is 2.33 bits per heavy atom. The highest BCUT2D eigenvalue weighted by Crippen LogP contribution is 2.31. The van der Waals surface area contributed by atoms with Gasteiger partial charge in [0.1, 0.15) is 6.04 Å². The quantitative estimate of drug-likeness (QED) is 0.877. The number of fused-ring (bicyclic) bond motifs is 1. The molecule has 3 heterocycles. The summed E-state index contributed by atoms with van der Waals surface area (Å²) in [5.74, 6) is -0.417. The highest BCUT2D eigenvalue weighted by atomic mass is 32.1. The number of piperazine rings is 1. The van der Waals surface area contributed by atoms with Crippen LogP contribution in [0.1, 0.15) is 16.6 Å². The standard InChI is InChI=1S/C14H16N2O3S2/c1-2-19-14(18)9-8-15-4-5-16(9)13(17)12-7-11-10(21-12)3-6-20-11/h3,6-7,9,15H,2,4-5,8H2,1H3. The molecule has 2 aromatic heterocycles. The van der Waals surface area contributed by atoms with Gasteiger partial charge in [-0.1, -0.05) is 0 Å². The van der Waals surface area contributed by atoms with E-state index in [4.69, 9.17) is 4.74 Å². The summed E-state index contributed by atoms with van der Waals surface area (Å²) in [6.45, 7) is 3.76. The van der Waals surface area contributed by atoms with Gasteiger partial charge in [-0.25, -0.2) is 4.79 Å². The lowest BCUT2D eigenvalue weighted by Gasteiger charge is -2.34. The lowest BCUT2D eigenvalue weighted by atomic mass is 10.2. The third-order valence-electron chi connectivity index (χ3n) is 3.41. The second-order valence-corrected chi connectivity index (χ2v) is 6.76. The Morgan fingerprint density at radius 3 is 3.10 bits per heavy atom. The number of esters is 1. The van der Waals surface area contributed by atoms with Gasteiger partial charge in [0, 0.05) is 29.0 Å². The minimum atomic E-state index is -0.536. The third-order valence-corrected chi connectivity index (χ3v) is 5.49. The largest absolute Gasteiger partial charge is 0.464 e. The second-order valence-electron chi connectivity index (χ2n) is 4.73. The molecule has 0 aliphatic carbocycles. The number of hydrogen-bond donors (Lipinski definition) is 1. The summed E-state index contributed by atoms with van der Waals surface area (Å²) >= 11 is 3.10. The van der Waals surface area contributed by atoms with E-state index in [1.54, 1.807) is 23.2 Å². The molecule has 1 saturated heterocycles. The zero-order valence-electron chi connectivity index (χ0n) is 11.6. The molecular formula is C14H16N2O3S2. The van der Waals surface area contributed by atoms with Gasteiger partial charge in [0.2, 0.25) is 0 Å².